The average molecular weight is 390 g/mol. The average Bonchev–Trinajstić information content (AvgIpc) is 3.30. The second-order valence-electron chi connectivity index (χ2n) is 6.00. The fourth-order valence-corrected chi connectivity index (χ4v) is 4.22. The van der Waals surface area contributed by atoms with Crippen molar-refractivity contribution in [2.24, 2.45) is 0 Å². The third kappa shape index (κ3) is 3.61. The number of halogens is 2. The van der Waals surface area contributed by atoms with Crippen molar-refractivity contribution in [3.05, 3.63) is 57.9 Å². The number of rotatable bonds is 4. The molecule has 0 bridgehead atoms. The van der Waals surface area contributed by atoms with E-state index >= 15 is 0 Å². The van der Waals surface area contributed by atoms with Gasteiger partial charge in [-0.25, -0.2) is 4.98 Å². The highest BCUT2D eigenvalue weighted by molar-refractivity contribution is 7.14. The Morgan fingerprint density at radius 2 is 1.64 bits per heavy atom. The second-order valence-corrected chi connectivity index (χ2v) is 7.67. The van der Waals surface area contributed by atoms with Gasteiger partial charge in [-0.05, 0) is 37.1 Å². The molecule has 1 N–H and O–H groups in total. The largest absolute Gasteiger partial charge is 0.372 e. The third-order valence-corrected chi connectivity index (χ3v) is 5.72. The molecular weight excluding hydrogens is 373 g/mol. The van der Waals surface area contributed by atoms with Gasteiger partial charge in [0.05, 0.1) is 21.4 Å². The van der Waals surface area contributed by atoms with Crippen LogP contribution in [0.1, 0.15) is 12.8 Å². The van der Waals surface area contributed by atoms with Crippen LogP contribution in [0.25, 0.3) is 11.3 Å². The molecule has 4 rings (SSSR count). The van der Waals surface area contributed by atoms with E-state index in [9.17, 15) is 0 Å². The van der Waals surface area contributed by atoms with Crippen molar-refractivity contribution in [1.29, 1.82) is 0 Å². The van der Waals surface area contributed by atoms with Gasteiger partial charge in [0.15, 0.2) is 5.13 Å². The van der Waals surface area contributed by atoms with Gasteiger partial charge in [-0.2, -0.15) is 0 Å². The molecule has 2 aromatic carbocycles. The van der Waals surface area contributed by atoms with Gasteiger partial charge in [0.1, 0.15) is 0 Å². The van der Waals surface area contributed by atoms with E-state index in [-0.39, 0.29) is 0 Å². The number of nitrogens with one attached hydrogen (secondary N) is 1. The molecule has 1 aromatic heterocycles. The predicted molar refractivity (Wildman–Crippen MR) is 109 cm³/mol. The number of anilines is 3. The van der Waals surface area contributed by atoms with Crippen LogP contribution in [0.5, 0.6) is 0 Å². The zero-order valence-corrected chi connectivity index (χ0v) is 15.8. The number of para-hydroxylation sites is 1. The number of hydrogen-bond acceptors (Lipinski definition) is 4. The summed E-state index contributed by atoms with van der Waals surface area (Å²) in [6, 6.07) is 14.1. The monoisotopic (exact) mass is 389 g/mol. The minimum atomic E-state index is 0.583. The normalized spacial score (nSPS) is 14.1. The Morgan fingerprint density at radius 1 is 0.960 bits per heavy atom. The first-order valence-electron chi connectivity index (χ1n) is 8.23. The van der Waals surface area contributed by atoms with Crippen LogP contribution in [0.4, 0.5) is 16.5 Å². The molecule has 6 heteroatoms. The van der Waals surface area contributed by atoms with Crippen molar-refractivity contribution in [3.8, 4) is 11.3 Å². The van der Waals surface area contributed by atoms with E-state index in [1.807, 2.05) is 11.4 Å². The topological polar surface area (TPSA) is 28.2 Å². The van der Waals surface area contributed by atoms with Crippen molar-refractivity contribution >= 4 is 51.0 Å². The fraction of sp³-hybridized carbons (Fsp3) is 0.211. The minimum Gasteiger partial charge on any atom is -0.372 e. The molecule has 0 amide bonds. The Bertz CT molecular complexity index is 850. The van der Waals surface area contributed by atoms with Crippen molar-refractivity contribution < 1.29 is 0 Å². The van der Waals surface area contributed by atoms with Gasteiger partial charge >= 0.3 is 0 Å². The van der Waals surface area contributed by atoms with Gasteiger partial charge in [0.2, 0.25) is 0 Å². The third-order valence-electron chi connectivity index (χ3n) is 4.33. The van der Waals surface area contributed by atoms with Gasteiger partial charge in [0, 0.05) is 29.7 Å². The summed E-state index contributed by atoms with van der Waals surface area (Å²) in [6.07, 6.45) is 2.57. The molecule has 0 radical (unpaired) electrons. The molecule has 2 heterocycles. The lowest BCUT2D eigenvalue weighted by molar-refractivity contribution is 0.949. The van der Waals surface area contributed by atoms with E-state index in [1.165, 1.54) is 29.9 Å². The van der Waals surface area contributed by atoms with Gasteiger partial charge < -0.3 is 10.2 Å². The van der Waals surface area contributed by atoms with Crippen LogP contribution in [-0.4, -0.2) is 18.1 Å². The van der Waals surface area contributed by atoms with Gasteiger partial charge in [-0.3, -0.25) is 0 Å². The zero-order valence-electron chi connectivity index (χ0n) is 13.5. The smallest absolute Gasteiger partial charge is 0.187 e. The van der Waals surface area contributed by atoms with E-state index in [4.69, 9.17) is 23.2 Å². The molecule has 0 saturated carbocycles. The van der Waals surface area contributed by atoms with Gasteiger partial charge in [-0.15, -0.1) is 11.3 Å². The number of nitrogens with zero attached hydrogens (tertiary/aromatic N) is 2. The molecule has 1 fully saturated rings. The van der Waals surface area contributed by atoms with Crippen molar-refractivity contribution in [2.75, 3.05) is 23.3 Å². The van der Waals surface area contributed by atoms with Crippen LogP contribution in [0.3, 0.4) is 0 Å². The molecule has 0 atom stereocenters. The SMILES string of the molecule is Clc1cccc(Cl)c1Nc1nc(-c2ccc(N3CCCC3)cc2)cs1. The Kier molecular flexibility index (Phi) is 4.84. The van der Waals surface area contributed by atoms with Crippen LogP contribution < -0.4 is 10.2 Å². The Balaban J connectivity index is 1.53. The molecule has 0 unspecified atom stereocenters. The predicted octanol–water partition coefficient (Wildman–Crippen LogP) is 6.46. The van der Waals surface area contributed by atoms with Crippen LogP contribution in [-0.2, 0) is 0 Å². The maximum Gasteiger partial charge on any atom is 0.187 e. The van der Waals surface area contributed by atoms with Crippen molar-refractivity contribution in [1.82, 2.24) is 4.98 Å². The van der Waals surface area contributed by atoms with E-state index in [0.717, 1.165) is 29.5 Å². The van der Waals surface area contributed by atoms with E-state index < -0.39 is 0 Å². The quantitative estimate of drug-likeness (QED) is 0.554. The summed E-state index contributed by atoms with van der Waals surface area (Å²) in [5.41, 5.74) is 4.04. The molecular formula is C19H17Cl2N3S. The summed E-state index contributed by atoms with van der Waals surface area (Å²) in [4.78, 5) is 7.09. The summed E-state index contributed by atoms with van der Waals surface area (Å²) >= 11 is 14.0. The molecule has 3 aromatic rings. The summed E-state index contributed by atoms with van der Waals surface area (Å²) < 4.78 is 0. The van der Waals surface area contributed by atoms with Crippen molar-refractivity contribution in [3.63, 3.8) is 0 Å². The van der Waals surface area contributed by atoms with Crippen LogP contribution in [0, 0.1) is 0 Å². The molecule has 0 aliphatic carbocycles. The lowest BCUT2D eigenvalue weighted by atomic mass is 10.1. The summed E-state index contributed by atoms with van der Waals surface area (Å²) in [6.45, 7) is 2.31. The maximum atomic E-state index is 6.21. The fourth-order valence-electron chi connectivity index (χ4n) is 3.01. The second kappa shape index (κ2) is 7.24. The van der Waals surface area contributed by atoms with E-state index in [0.29, 0.717) is 15.7 Å². The molecule has 128 valence electrons. The lowest BCUT2D eigenvalue weighted by Crippen LogP contribution is -2.17. The van der Waals surface area contributed by atoms with Crippen molar-refractivity contribution in [2.45, 2.75) is 12.8 Å². The number of hydrogen-bond donors (Lipinski definition) is 1. The Labute approximate surface area is 161 Å². The minimum absolute atomic E-state index is 0.583. The highest BCUT2D eigenvalue weighted by atomic mass is 35.5. The summed E-state index contributed by atoms with van der Waals surface area (Å²) in [7, 11) is 0. The number of aromatic nitrogens is 1. The highest BCUT2D eigenvalue weighted by Crippen LogP contribution is 2.35. The zero-order chi connectivity index (χ0) is 17.2. The van der Waals surface area contributed by atoms with Gasteiger partial charge in [-0.1, -0.05) is 41.4 Å². The van der Waals surface area contributed by atoms with Gasteiger partial charge in [0.25, 0.3) is 0 Å². The van der Waals surface area contributed by atoms with E-state index in [1.54, 1.807) is 12.1 Å². The molecule has 1 aliphatic rings. The maximum absolute atomic E-state index is 6.21. The molecule has 3 nitrogen and oxygen atoms in total. The summed E-state index contributed by atoms with van der Waals surface area (Å²) in [5.74, 6) is 0. The van der Waals surface area contributed by atoms with Crippen LogP contribution in [0.15, 0.2) is 47.8 Å². The number of thiazole rings is 1. The lowest BCUT2D eigenvalue weighted by Gasteiger charge is -2.17. The van der Waals surface area contributed by atoms with E-state index in [2.05, 4.69) is 39.5 Å². The summed E-state index contributed by atoms with van der Waals surface area (Å²) in [5, 5.41) is 7.20. The molecule has 0 spiro atoms. The number of benzene rings is 2. The molecule has 1 saturated heterocycles. The first-order valence-corrected chi connectivity index (χ1v) is 9.86. The highest BCUT2D eigenvalue weighted by Gasteiger charge is 2.13. The Hall–Kier alpha value is -1.75. The van der Waals surface area contributed by atoms with Crippen LogP contribution in [0.2, 0.25) is 10.0 Å². The first-order chi connectivity index (χ1) is 12.2. The standard InChI is InChI=1S/C19H17Cl2N3S/c20-15-4-3-5-16(21)18(15)23-19-22-17(12-25-19)13-6-8-14(9-7-13)24-10-1-2-11-24/h3-9,12H,1-2,10-11H2,(H,22,23). The Morgan fingerprint density at radius 3 is 2.32 bits per heavy atom. The molecule has 1 aliphatic heterocycles. The molecule has 25 heavy (non-hydrogen) atoms. The first kappa shape index (κ1) is 16.7. The van der Waals surface area contributed by atoms with Crippen LogP contribution >= 0.6 is 34.5 Å².